The molecule has 2 saturated heterocycles. The molecule has 2 heterocycles. The minimum absolute atomic E-state index is 0.147. The van der Waals surface area contributed by atoms with Crippen molar-refractivity contribution in [2.45, 2.75) is 50.7 Å². The summed E-state index contributed by atoms with van der Waals surface area (Å²) in [7, 11) is 0. The summed E-state index contributed by atoms with van der Waals surface area (Å²) in [6, 6.07) is 10.2. The largest absolute Gasteiger partial charge is 0.389 e. The molecule has 1 aromatic rings. The highest BCUT2D eigenvalue weighted by Crippen LogP contribution is 2.31. The number of hydrogen-bond acceptors (Lipinski definition) is 6. The second-order valence-electron chi connectivity index (χ2n) is 6.77. The van der Waals surface area contributed by atoms with Gasteiger partial charge in [-0.3, -0.25) is 4.90 Å². The number of rotatable bonds is 5. The van der Waals surface area contributed by atoms with Crippen molar-refractivity contribution in [2.75, 3.05) is 19.6 Å². The van der Waals surface area contributed by atoms with Crippen molar-refractivity contribution in [1.29, 1.82) is 0 Å². The molecule has 2 fully saturated rings. The minimum Gasteiger partial charge on any atom is -0.389 e. The lowest BCUT2D eigenvalue weighted by Crippen LogP contribution is -2.45. The molecule has 2 aliphatic heterocycles. The monoisotopic (exact) mass is 322 g/mol. The summed E-state index contributed by atoms with van der Waals surface area (Å²) < 4.78 is 12.0. The van der Waals surface area contributed by atoms with Crippen LogP contribution in [-0.2, 0) is 16.0 Å². The van der Waals surface area contributed by atoms with Crippen LogP contribution in [0.25, 0.3) is 0 Å². The van der Waals surface area contributed by atoms with Crippen molar-refractivity contribution in [2.24, 2.45) is 0 Å². The Balaban J connectivity index is 1.57. The summed E-state index contributed by atoms with van der Waals surface area (Å²) in [6.07, 6.45) is -1.85. The van der Waals surface area contributed by atoms with Crippen molar-refractivity contribution >= 4 is 0 Å². The molecule has 0 aliphatic carbocycles. The van der Waals surface area contributed by atoms with Gasteiger partial charge < -0.3 is 25.0 Å². The third-order valence-electron chi connectivity index (χ3n) is 4.32. The molecule has 2 aliphatic rings. The van der Waals surface area contributed by atoms with Crippen molar-refractivity contribution in [3.8, 4) is 0 Å². The van der Waals surface area contributed by atoms with Gasteiger partial charge in [0.2, 0.25) is 0 Å². The van der Waals surface area contributed by atoms with Gasteiger partial charge in [0.1, 0.15) is 12.3 Å². The molecule has 6 nitrogen and oxygen atoms in total. The zero-order valence-corrected chi connectivity index (χ0v) is 13.7. The first kappa shape index (κ1) is 16.8. The van der Waals surface area contributed by atoms with E-state index in [9.17, 15) is 10.2 Å². The summed E-state index contributed by atoms with van der Waals surface area (Å²) in [5.74, 6) is -0.664. The van der Waals surface area contributed by atoms with Gasteiger partial charge >= 0.3 is 0 Å². The van der Waals surface area contributed by atoms with Crippen molar-refractivity contribution < 1.29 is 19.7 Å². The molecule has 23 heavy (non-hydrogen) atoms. The third kappa shape index (κ3) is 4.09. The van der Waals surface area contributed by atoms with Crippen molar-refractivity contribution in [3.63, 3.8) is 0 Å². The minimum atomic E-state index is -0.722. The quantitative estimate of drug-likeness (QED) is 0.724. The zero-order chi connectivity index (χ0) is 16.4. The molecule has 0 spiro atoms. The van der Waals surface area contributed by atoms with E-state index in [1.54, 1.807) is 0 Å². The van der Waals surface area contributed by atoms with Gasteiger partial charge in [-0.2, -0.15) is 0 Å². The van der Waals surface area contributed by atoms with E-state index >= 15 is 0 Å². The van der Waals surface area contributed by atoms with E-state index in [0.29, 0.717) is 19.6 Å². The number of hydrogen-bond donors (Lipinski definition) is 3. The van der Waals surface area contributed by atoms with Crippen LogP contribution in [0.4, 0.5) is 0 Å². The van der Waals surface area contributed by atoms with Gasteiger partial charge in [0.15, 0.2) is 5.79 Å². The average Bonchev–Trinajstić information content (AvgIpc) is 3.00. The predicted molar refractivity (Wildman–Crippen MR) is 85.6 cm³/mol. The standard InChI is InChI=1S/C17H26N2O4/c1-17(2)22-15(9-18-8-12-6-4-3-5-7-12)16(23-17)19-10-13(20)14(21)11-19/h3-7,13-16,18,20-21H,8-11H2,1-2H3/t13?,14?,15-,16-/m1/s1. The molecule has 6 heteroatoms. The van der Waals surface area contributed by atoms with Gasteiger partial charge in [0, 0.05) is 26.2 Å². The molecule has 0 saturated carbocycles. The van der Waals surface area contributed by atoms with Gasteiger partial charge in [-0.25, -0.2) is 0 Å². The molecular formula is C17H26N2O4. The van der Waals surface area contributed by atoms with Gasteiger partial charge in [0.25, 0.3) is 0 Å². The molecule has 3 N–H and O–H groups in total. The summed E-state index contributed by atoms with van der Waals surface area (Å²) in [5.41, 5.74) is 1.22. The van der Waals surface area contributed by atoms with E-state index < -0.39 is 18.0 Å². The molecule has 0 amide bonds. The van der Waals surface area contributed by atoms with Crippen LogP contribution in [0.15, 0.2) is 30.3 Å². The topological polar surface area (TPSA) is 74.2 Å². The molecule has 0 radical (unpaired) electrons. The van der Waals surface area contributed by atoms with E-state index in [1.165, 1.54) is 5.56 Å². The smallest absolute Gasteiger partial charge is 0.165 e. The van der Waals surface area contributed by atoms with Gasteiger partial charge in [-0.05, 0) is 19.4 Å². The van der Waals surface area contributed by atoms with E-state index in [-0.39, 0.29) is 12.3 Å². The molecule has 3 rings (SSSR count). The molecule has 0 aromatic heterocycles. The lowest BCUT2D eigenvalue weighted by molar-refractivity contribution is -0.161. The maximum Gasteiger partial charge on any atom is 0.165 e. The number of β-amino-alcohol motifs (C(OH)–C–C–N with tert-alkyl or cyclic N) is 2. The van der Waals surface area contributed by atoms with Crippen LogP contribution in [0.1, 0.15) is 19.4 Å². The second kappa shape index (κ2) is 6.84. The van der Waals surface area contributed by atoms with Crippen molar-refractivity contribution in [1.82, 2.24) is 10.2 Å². The Kier molecular flexibility index (Phi) is 5.01. The van der Waals surface area contributed by atoms with Gasteiger partial charge in [-0.1, -0.05) is 30.3 Å². The fourth-order valence-corrected chi connectivity index (χ4v) is 3.23. The van der Waals surface area contributed by atoms with Gasteiger partial charge in [-0.15, -0.1) is 0 Å². The number of benzene rings is 1. The zero-order valence-electron chi connectivity index (χ0n) is 13.7. The average molecular weight is 322 g/mol. The van der Waals surface area contributed by atoms with E-state index in [0.717, 1.165) is 6.54 Å². The number of aliphatic hydroxyl groups is 2. The molecular weight excluding hydrogens is 296 g/mol. The fourth-order valence-electron chi connectivity index (χ4n) is 3.23. The normalized spacial score (nSPS) is 34.1. The number of ether oxygens (including phenoxy) is 2. The second-order valence-corrected chi connectivity index (χ2v) is 6.77. The first-order valence-electron chi connectivity index (χ1n) is 8.15. The molecule has 2 unspecified atom stereocenters. The fraction of sp³-hybridized carbons (Fsp3) is 0.647. The maximum atomic E-state index is 9.77. The van der Waals surface area contributed by atoms with Crippen LogP contribution >= 0.6 is 0 Å². The molecule has 128 valence electrons. The number of nitrogens with one attached hydrogen (secondary N) is 1. The Hall–Kier alpha value is -1.02. The van der Waals surface area contributed by atoms with Crippen LogP contribution in [0.3, 0.4) is 0 Å². The number of nitrogens with zero attached hydrogens (tertiary/aromatic N) is 1. The van der Waals surface area contributed by atoms with Crippen LogP contribution in [0.2, 0.25) is 0 Å². The van der Waals surface area contributed by atoms with E-state index in [2.05, 4.69) is 17.4 Å². The molecule has 1 aromatic carbocycles. The van der Waals surface area contributed by atoms with Crippen LogP contribution in [0.5, 0.6) is 0 Å². The van der Waals surface area contributed by atoms with Crippen LogP contribution in [0, 0.1) is 0 Å². The predicted octanol–water partition coefficient (Wildman–Crippen LogP) is 0.291. The first-order valence-corrected chi connectivity index (χ1v) is 8.15. The third-order valence-corrected chi connectivity index (χ3v) is 4.32. The lowest BCUT2D eigenvalue weighted by Gasteiger charge is -2.26. The van der Waals surface area contributed by atoms with Crippen molar-refractivity contribution in [3.05, 3.63) is 35.9 Å². The summed E-state index contributed by atoms with van der Waals surface area (Å²) in [4.78, 5) is 1.96. The number of aliphatic hydroxyl groups excluding tert-OH is 2. The van der Waals surface area contributed by atoms with Gasteiger partial charge in [0.05, 0.1) is 12.2 Å². The first-order chi connectivity index (χ1) is 10.9. The Morgan fingerprint density at radius 2 is 1.78 bits per heavy atom. The summed E-state index contributed by atoms with van der Waals surface area (Å²) in [6.45, 7) is 5.99. The summed E-state index contributed by atoms with van der Waals surface area (Å²) in [5, 5.41) is 22.9. The van der Waals surface area contributed by atoms with Crippen LogP contribution < -0.4 is 5.32 Å². The Labute approximate surface area is 137 Å². The Morgan fingerprint density at radius 3 is 2.43 bits per heavy atom. The Bertz CT molecular complexity index is 501. The summed E-state index contributed by atoms with van der Waals surface area (Å²) >= 11 is 0. The highest BCUT2D eigenvalue weighted by Gasteiger charge is 2.47. The molecule has 0 bridgehead atoms. The lowest BCUT2D eigenvalue weighted by atomic mass is 10.2. The van der Waals surface area contributed by atoms with E-state index in [1.807, 2.05) is 36.9 Å². The highest BCUT2D eigenvalue weighted by molar-refractivity contribution is 5.14. The highest BCUT2D eigenvalue weighted by atomic mass is 16.8. The maximum absolute atomic E-state index is 9.77. The SMILES string of the molecule is CC1(C)O[C@@H](N2CC(O)C(O)C2)[C@@H](CNCc2ccccc2)O1. The molecule has 4 atom stereocenters. The Morgan fingerprint density at radius 1 is 1.13 bits per heavy atom. The van der Waals surface area contributed by atoms with Crippen LogP contribution in [-0.4, -0.2) is 65.1 Å². The van der Waals surface area contributed by atoms with E-state index in [4.69, 9.17) is 9.47 Å². The number of likely N-dealkylation sites (tertiary alicyclic amines) is 1.